The summed E-state index contributed by atoms with van der Waals surface area (Å²) in [6.07, 6.45) is 5.46. The monoisotopic (exact) mass is 395 g/mol. The number of nitrogens with zero attached hydrogens (tertiary/aromatic N) is 2. The van der Waals surface area contributed by atoms with Gasteiger partial charge in [-0.25, -0.2) is 0 Å². The van der Waals surface area contributed by atoms with Gasteiger partial charge in [-0.05, 0) is 55.3 Å². The highest BCUT2D eigenvalue weighted by atomic mass is 32.2. The predicted octanol–water partition coefficient (Wildman–Crippen LogP) is 4.27. The normalized spacial score (nSPS) is 16.6. The molecule has 1 atom stereocenters. The van der Waals surface area contributed by atoms with E-state index in [0.717, 1.165) is 36.9 Å². The van der Waals surface area contributed by atoms with E-state index < -0.39 is 0 Å². The number of thioether (sulfide) groups is 1. The number of hydrogen-bond donors (Lipinski definition) is 1. The second-order valence-electron chi connectivity index (χ2n) is 7.11. The molecule has 1 aliphatic rings. The Kier molecular flexibility index (Phi) is 5.86. The van der Waals surface area contributed by atoms with Crippen molar-refractivity contribution in [2.24, 2.45) is 0 Å². The quantitative estimate of drug-likeness (QED) is 0.606. The minimum Gasteiger partial charge on any atom is -0.423 e. The number of benzene rings is 2. The van der Waals surface area contributed by atoms with Gasteiger partial charge in [0.15, 0.2) is 5.58 Å². The lowest BCUT2D eigenvalue weighted by atomic mass is 10.1. The number of carbonyl (C=O) groups is 1. The summed E-state index contributed by atoms with van der Waals surface area (Å²) >= 11 is 1.73. The average molecular weight is 396 g/mol. The van der Waals surface area contributed by atoms with E-state index in [-0.39, 0.29) is 11.9 Å². The van der Waals surface area contributed by atoms with Crippen molar-refractivity contribution in [1.82, 2.24) is 10.3 Å². The number of fused-ring (bicyclic) bond motifs is 1. The molecule has 0 aliphatic carbocycles. The molecule has 0 spiro atoms. The minimum atomic E-state index is 0.0957. The molecule has 6 heteroatoms. The molecule has 1 amide bonds. The van der Waals surface area contributed by atoms with Crippen LogP contribution in [-0.4, -0.2) is 36.3 Å². The van der Waals surface area contributed by atoms with Gasteiger partial charge in [0.1, 0.15) is 5.52 Å². The number of anilines is 1. The highest BCUT2D eigenvalue weighted by Crippen LogP contribution is 2.28. The zero-order valence-corrected chi connectivity index (χ0v) is 16.9. The molecule has 146 valence electrons. The van der Waals surface area contributed by atoms with E-state index >= 15 is 0 Å². The molecule has 1 aromatic heterocycles. The van der Waals surface area contributed by atoms with Crippen LogP contribution in [0.4, 0.5) is 6.01 Å². The molecular weight excluding hydrogens is 370 g/mol. The predicted molar refractivity (Wildman–Crippen MR) is 114 cm³/mol. The van der Waals surface area contributed by atoms with Gasteiger partial charge in [0.05, 0.1) is 6.04 Å². The summed E-state index contributed by atoms with van der Waals surface area (Å²) in [6, 6.07) is 17.1. The zero-order valence-electron chi connectivity index (χ0n) is 16.1. The lowest BCUT2D eigenvalue weighted by molar-refractivity contribution is -0.121. The largest absolute Gasteiger partial charge is 0.423 e. The Hall–Kier alpha value is -2.47. The summed E-state index contributed by atoms with van der Waals surface area (Å²) < 4.78 is 5.91. The van der Waals surface area contributed by atoms with Crippen molar-refractivity contribution < 1.29 is 9.21 Å². The van der Waals surface area contributed by atoms with Crippen molar-refractivity contribution in [3.63, 3.8) is 0 Å². The highest BCUT2D eigenvalue weighted by molar-refractivity contribution is 7.98. The molecule has 2 aromatic carbocycles. The van der Waals surface area contributed by atoms with Crippen LogP contribution >= 0.6 is 11.8 Å². The smallest absolute Gasteiger partial charge is 0.298 e. The Balaban J connectivity index is 1.30. The van der Waals surface area contributed by atoms with E-state index in [1.807, 2.05) is 24.3 Å². The molecule has 28 heavy (non-hydrogen) atoms. The van der Waals surface area contributed by atoms with Gasteiger partial charge in [0.2, 0.25) is 5.91 Å². The Morgan fingerprint density at radius 1 is 1.25 bits per heavy atom. The number of hydrogen-bond acceptors (Lipinski definition) is 5. The molecule has 1 aliphatic heterocycles. The lowest BCUT2D eigenvalue weighted by Gasteiger charge is -2.23. The topological polar surface area (TPSA) is 58.4 Å². The first kappa shape index (κ1) is 18.9. The van der Waals surface area contributed by atoms with Crippen LogP contribution in [0.1, 0.15) is 24.8 Å². The van der Waals surface area contributed by atoms with Gasteiger partial charge in [-0.3, -0.25) is 4.79 Å². The summed E-state index contributed by atoms with van der Waals surface area (Å²) in [5.41, 5.74) is 2.88. The fourth-order valence-corrected chi connectivity index (χ4v) is 4.06. The van der Waals surface area contributed by atoms with E-state index in [1.165, 1.54) is 10.5 Å². The Morgan fingerprint density at radius 3 is 2.86 bits per heavy atom. The molecular formula is C22H25N3O2S. The van der Waals surface area contributed by atoms with Crippen LogP contribution in [0.25, 0.3) is 11.1 Å². The number of nitrogens with one attached hydrogen (secondary N) is 1. The molecule has 5 nitrogen and oxygen atoms in total. The molecule has 0 bridgehead atoms. The van der Waals surface area contributed by atoms with Crippen LogP contribution in [0, 0.1) is 0 Å². The van der Waals surface area contributed by atoms with Gasteiger partial charge in [0.25, 0.3) is 6.01 Å². The van der Waals surface area contributed by atoms with Crippen LogP contribution in [0.2, 0.25) is 0 Å². The summed E-state index contributed by atoms with van der Waals surface area (Å²) in [5.74, 6) is 0.0957. The molecule has 1 saturated heterocycles. The molecule has 1 fully saturated rings. The maximum absolute atomic E-state index is 12.3. The number of oxazole rings is 1. The van der Waals surface area contributed by atoms with Crippen molar-refractivity contribution >= 4 is 34.8 Å². The fourth-order valence-electron chi connectivity index (χ4n) is 3.65. The van der Waals surface area contributed by atoms with E-state index in [2.05, 4.69) is 45.7 Å². The van der Waals surface area contributed by atoms with E-state index in [0.29, 0.717) is 19.0 Å². The van der Waals surface area contributed by atoms with Crippen LogP contribution in [-0.2, 0) is 11.2 Å². The summed E-state index contributed by atoms with van der Waals surface area (Å²) in [6.45, 7) is 1.54. The van der Waals surface area contributed by atoms with Gasteiger partial charge in [-0.15, -0.1) is 11.8 Å². The van der Waals surface area contributed by atoms with Gasteiger partial charge >= 0.3 is 0 Å². The van der Waals surface area contributed by atoms with E-state index in [1.54, 1.807) is 11.8 Å². The minimum absolute atomic E-state index is 0.0957. The third kappa shape index (κ3) is 4.33. The molecule has 2 heterocycles. The van der Waals surface area contributed by atoms with Crippen LogP contribution in [0.15, 0.2) is 57.8 Å². The van der Waals surface area contributed by atoms with Gasteiger partial charge in [-0.2, -0.15) is 4.98 Å². The van der Waals surface area contributed by atoms with Crippen LogP contribution < -0.4 is 10.2 Å². The van der Waals surface area contributed by atoms with Crippen molar-refractivity contribution in [1.29, 1.82) is 0 Å². The number of para-hydroxylation sites is 2. The first-order valence-electron chi connectivity index (χ1n) is 9.75. The van der Waals surface area contributed by atoms with Gasteiger partial charge in [0, 0.05) is 24.4 Å². The van der Waals surface area contributed by atoms with Gasteiger partial charge < -0.3 is 14.6 Å². The Morgan fingerprint density at radius 2 is 2.07 bits per heavy atom. The standard InChI is InChI=1S/C22H25N3O2S/c1-28-18-11-8-16(9-12-18)10-13-21(26)23-15-17-5-4-14-25(17)22-24-19-6-2-3-7-20(19)27-22/h2-3,6-9,11-12,17H,4-5,10,13-15H2,1H3,(H,23,26). The molecule has 1 N–H and O–H groups in total. The average Bonchev–Trinajstić information content (AvgIpc) is 3.37. The van der Waals surface area contributed by atoms with Crippen molar-refractivity contribution in [3.8, 4) is 0 Å². The first-order chi connectivity index (χ1) is 13.7. The second kappa shape index (κ2) is 8.69. The number of aromatic nitrogens is 1. The Bertz CT molecular complexity index is 905. The SMILES string of the molecule is CSc1ccc(CCC(=O)NCC2CCCN2c2nc3ccccc3o2)cc1. The Labute approximate surface area is 169 Å². The number of aryl methyl sites for hydroxylation is 1. The third-order valence-corrected chi connectivity index (χ3v) is 5.98. The summed E-state index contributed by atoms with van der Waals surface area (Å²) in [4.78, 5) is 20.3. The molecule has 3 aromatic rings. The number of rotatable bonds is 7. The molecule has 4 rings (SSSR count). The van der Waals surface area contributed by atoms with Crippen molar-refractivity contribution in [3.05, 3.63) is 54.1 Å². The lowest BCUT2D eigenvalue weighted by Crippen LogP contribution is -2.40. The molecule has 0 saturated carbocycles. The fraction of sp³-hybridized carbons (Fsp3) is 0.364. The maximum Gasteiger partial charge on any atom is 0.298 e. The molecule has 1 unspecified atom stereocenters. The van der Waals surface area contributed by atoms with Crippen molar-refractivity contribution in [2.75, 3.05) is 24.2 Å². The van der Waals surface area contributed by atoms with E-state index in [9.17, 15) is 4.79 Å². The zero-order chi connectivity index (χ0) is 19.3. The summed E-state index contributed by atoms with van der Waals surface area (Å²) in [7, 11) is 0. The highest BCUT2D eigenvalue weighted by Gasteiger charge is 2.28. The number of carbonyl (C=O) groups excluding carboxylic acids is 1. The third-order valence-electron chi connectivity index (χ3n) is 5.24. The molecule has 0 radical (unpaired) electrons. The van der Waals surface area contributed by atoms with Crippen LogP contribution in [0.3, 0.4) is 0 Å². The van der Waals surface area contributed by atoms with Gasteiger partial charge in [-0.1, -0.05) is 24.3 Å². The first-order valence-corrected chi connectivity index (χ1v) is 11.0. The number of amides is 1. The second-order valence-corrected chi connectivity index (χ2v) is 7.99. The maximum atomic E-state index is 12.3. The van der Waals surface area contributed by atoms with Crippen LogP contribution in [0.5, 0.6) is 0 Å². The summed E-state index contributed by atoms with van der Waals surface area (Å²) in [5, 5.41) is 3.10. The van der Waals surface area contributed by atoms with E-state index in [4.69, 9.17) is 4.42 Å². The van der Waals surface area contributed by atoms with Crippen molar-refractivity contribution in [2.45, 2.75) is 36.6 Å².